The molecule has 3 aromatic rings. The van der Waals surface area contributed by atoms with E-state index in [0.29, 0.717) is 6.61 Å². The summed E-state index contributed by atoms with van der Waals surface area (Å²) < 4.78 is 11.2. The summed E-state index contributed by atoms with van der Waals surface area (Å²) in [6.07, 6.45) is 1.69. The van der Waals surface area contributed by atoms with Crippen LogP contribution in [0, 0.1) is 6.92 Å². The van der Waals surface area contributed by atoms with Gasteiger partial charge in [0.15, 0.2) is 0 Å². The number of furan rings is 1. The second kappa shape index (κ2) is 9.16. The summed E-state index contributed by atoms with van der Waals surface area (Å²) in [6, 6.07) is 20.5. The van der Waals surface area contributed by atoms with Crippen LogP contribution in [0.5, 0.6) is 5.75 Å². The SMILES string of the molecule is Cc1ccc(COc2cccc(CNCc3ccco3)c2)cc1.Cl. The minimum Gasteiger partial charge on any atom is -0.489 e. The van der Waals surface area contributed by atoms with E-state index in [1.807, 2.05) is 24.3 Å². The van der Waals surface area contributed by atoms with Crippen LogP contribution in [-0.2, 0) is 19.7 Å². The average molecular weight is 344 g/mol. The number of ether oxygens (including phenoxy) is 1. The van der Waals surface area contributed by atoms with Gasteiger partial charge in [-0.05, 0) is 42.3 Å². The van der Waals surface area contributed by atoms with Gasteiger partial charge in [0.25, 0.3) is 0 Å². The molecule has 0 spiro atoms. The van der Waals surface area contributed by atoms with Crippen LogP contribution in [-0.4, -0.2) is 0 Å². The second-order valence-electron chi connectivity index (χ2n) is 5.60. The topological polar surface area (TPSA) is 34.4 Å². The number of aryl methyl sites for hydroxylation is 1. The van der Waals surface area contributed by atoms with Gasteiger partial charge >= 0.3 is 0 Å². The molecular formula is C20H22ClNO2. The van der Waals surface area contributed by atoms with Gasteiger partial charge in [-0.3, -0.25) is 0 Å². The maximum atomic E-state index is 5.88. The first kappa shape index (κ1) is 18.1. The van der Waals surface area contributed by atoms with E-state index in [9.17, 15) is 0 Å². The molecule has 0 aliphatic heterocycles. The lowest BCUT2D eigenvalue weighted by atomic mass is 10.2. The lowest BCUT2D eigenvalue weighted by Gasteiger charge is -2.09. The van der Waals surface area contributed by atoms with Gasteiger partial charge in [0, 0.05) is 6.54 Å². The second-order valence-corrected chi connectivity index (χ2v) is 5.60. The van der Waals surface area contributed by atoms with Crippen LogP contribution in [0.25, 0.3) is 0 Å². The first-order valence-electron chi connectivity index (χ1n) is 7.80. The van der Waals surface area contributed by atoms with Gasteiger partial charge in [-0.2, -0.15) is 0 Å². The summed E-state index contributed by atoms with van der Waals surface area (Å²) in [5.41, 5.74) is 3.63. The van der Waals surface area contributed by atoms with Crippen molar-refractivity contribution >= 4 is 12.4 Å². The number of halogens is 1. The number of hydrogen-bond acceptors (Lipinski definition) is 3. The van der Waals surface area contributed by atoms with Gasteiger partial charge in [-0.25, -0.2) is 0 Å². The van der Waals surface area contributed by atoms with Crippen molar-refractivity contribution in [2.75, 3.05) is 0 Å². The van der Waals surface area contributed by atoms with E-state index in [2.05, 4.69) is 48.6 Å². The lowest BCUT2D eigenvalue weighted by Crippen LogP contribution is -2.12. The van der Waals surface area contributed by atoms with E-state index in [-0.39, 0.29) is 12.4 Å². The fourth-order valence-corrected chi connectivity index (χ4v) is 2.34. The molecule has 0 bridgehead atoms. The average Bonchev–Trinajstić information content (AvgIpc) is 3.08. The predicted molar refractivity (Wildman–Crippen MR) is 98.5 cm³/mol. The number of nitrogens with one attached hydrogen (secondary N) is 1. The Morgan fingerprint density at radius 2 is 1.75 bits per heavy atom. The Labute approximate surface area is 149 Å². The molecule has 126 valence electrons. The van der Waals surface area contributed by atoms with E-state index < -0.39 is 0 Å². The molecule has 0 atom stereocenters. The minimum absolute atomic E-state index is 0. The molecule has 0 saturated carbocycles. The third kappa shape index (κ3) is 5.44. The zero-order valence-corrected chi connectivity index (χ0v) is 14.5. The molecule has 0 aliphatic carbocycles. The van der Waals surface area contributed by atoms with Crippen LogP contribution in [0.4, 0.5) is 0 Å². The van der Waals surface area contributed by atoms with E-state index in [0.717, 1.165) is 24.6 Å². The standard InChI is InChI=1S/C20H21NO2.ClH/c1-16-7-9-17(10-8-16)15-23-19-5-2-4-18(12-19)13-21-14-20-6-3-11-22-20;/h2-12,21H,13-15H2,1H3;1H. The highest BCUT2D eigenvalue weighted by molar-refractivity contribution is 5.85. The fraction of sp³-hybridized carbons (Fsp3) is 0.200. The molecule has 0 radical (unpaired) electrons. The van der Waals surface area contributed by atoms with Crippen molar-refractivity contribution in [3.05, 3.63) is 89.4 Å². The summed E-state index contributed by atoms with van der Waals surface area (Å²) in [4.78, 5) is 0. The van der Waals surface area contributed by atoms with Gasteiger partial charge in [-0.15, -0.1) is 12.4 Å². The summed E-state index contributed by atoms with van der Waals surface area (Å²) in [7, 11) is 0. The molecule has 3 rings (SSSR count). The zero-order chi connectivity index (χ0) is 15.9. The Morgan fingerprint density at radius 1 is 0.917 bits per heavy atom. The Bertz CT molecular complexity index is 724. The summed E-state index contributed by atoms with van der Waals surface area (Å²) in [5.74, 6) is 1.83. The van der Waals surface area contributed by atoms with Crippen LogP contribution in [0.2, 0.25) is 0 Å². The first-order valence-corrected chi connectivity index (χ1v) is 7.80. The molecule has 1 aromatic heterocycles. The van der Waals surface area contributed by atoms with Crippen molar-refractivity contribution in [1.29, 1.82) is 0 Å². The first-order chi connectivity index (χ1) is 11.3. The van der Waals surface area contributed by atoms with Gasteiger partial charge in [-0.1, -0.05) is 42.0 Å². The molecule has 4 heteroatoms. The van der Waals surface area contributed by atoms with Gasteiger partial charge in [0.05, 0.1) is 12.8 Å². The molecule has 0 aliphatic rings. The Hall–Kier alpha value is -2.23. The molecule has 0 unspecified atom stereocenters. The molecule has 0 amide bonds. The van der Waals surface area contributed by atoms with Crippen molar-refractivity contribution in [2.45, 2.75) is 26.6 Å². The van der Waals surface area contributed by atoms with E-state index in [1.165, 1.54) is 16.7 Å². The fourth-order valence-electron chi connectivity index (χ4n) is 2.34. The molecule has 1 N–H and O–H groups in total. The van der Waals surface area contributed by atoms with E-state index in [4.69, 9.17) is 9.15 Å². The lowest BCUT2D eigenvalue weighted by molar-refractivity contribution is 0.306. The third-order valence-electron chi connectivity index (χ3n) is 3.63. The largest absolute Gasteiger partial charge is 0.489 e. The zero-order valence-electron chi connectivity index (χ0n) is 13.7. The summed E-state index contributed by atoms with van der Waals surface area (Å²) in [5, 5.41) is 3.36. The molecule has 3 nitrogen and oxygen atoms in total. The molecule has 1 heterocycles. The highest BCUT2D eigenvalue weighted by atomic mass is 35.5. The normalized spacial score (nSPS) is 10.2. The Kier molecular flexibility index (Phi) is 6.91. The monoisotopic (exact) mass is 343 g/mol. The highest BCUT2D eigenvalue weighted by Gasteiger charge is 2.00. The minimum atomic E-state index is 0. The maximum Gasteiger partial charge on any atom is 0.120 e. The van der Waals surface area contributed by atoms with Crippen LogP contribution in [0.3, 0.4) is 0 Å². The van der Waals surface area contributed by atoms with Crippen molar-refractivity contribution in [3.8, 4) is 5.75 Å². The molecule has 0 fully saturated rings. The number of hydrogen-bond donors (Lipinski definition) is 1. The summed E-state index contributed by atoms with van der Waals surface area (Å²) in [6.45, 7) is 4.18. The van der Waals surface area contributed by atoms with Crippen molar-refractivity contribution in [1.82, 2.24) is 5.32 Å². The number of benzene rings is 2. The maximum absolute atomic E-state index is 5.88. The van der Waals surface area contributed by atoms with Crippen LogP contribution >= 0.6 is 12.4 Å². The molecule has 24 heavy (non-hydrogen) atoms. The van der Waals surface area contributed by atoms with Crippen molar-refractivity contribution < 1.29 is 9.15 Å². The van der Waals surface area contributed by atoms with Crippen LogP contribution in [0.15, 0.2) is 71.3 Å². The quantitative estimate of drug-likeness (QED) is 0.664. The summed E-state index contributed by atoms with van der Waals surface area (Å²) >= 11 is 0. The Balaban J connectivity index is 0.00000208. The Morgan fingerprint density at radius 3 is 2.50 bits per heavy atom. The predicted octanol–water partition coefficient (Wildman–Crippen LogP) is 4.88. The van der Waals surface area contributed by atoms with Crippen LogP contribution < -0.4 is 10.1 Å². The van der Waals surface area contributed by atoms with Gasteiger partial charge in [0.1, 0.15) is 18.1 Å². The van der Waals surface area contributed by atoms with E-state index in [1.54, 1.807) is 6.26 Å². The number of rotatable bonds is 7. The molecular weight excluding hydrogens is 322 g/mol. The molecule has 0 saturated heterocycles. The van der Waals surface area contributed by atoms with Crippen molar-refractivity contribution in [3.63, 3.8) is 0 Å². The van der Waals surface area contributed by atoms with Crippen molar-refractivity contribution in [2.24, 2.45) is 0 Å². The van der Waals surface area contributed by atoms with E-state index >= 15 is 0 Å². The van der Waals surface area contributed by atoms with Gasteiger partial charge in [0.2, 0.25) is 0 Å². The smallest absolute Gasteiger partial charge is 0.120 e. The highest BCUT2D eigenvalue weighted by Crippen LogP contribution is 2.15. The molecule has 2 aromatic carbocycles. The van der Waals surface area contributed by atoms with Gasteiger partial charge < -0.3 is 14.5 Å². The van der Waals surface area contributed by atoms with Crippen LogP contribution in [0.1, 0.15) is 22.5 Å². The third-order valence-corrected chi connectivity index (χ3v) is 3.63.